The van der Waals surface area contributed by atoms with Crippen LogP contribution in [0.4, 0.5) is 15.9 Å². The van der Waals surface area contributed by atoms with Gasteiger partial charge in [0.15, 0.2) is 10.8 Å². The van der Waals surface area contributed by atoms with Gasteiger partial charge in [-0.25, -0.2) is 9.37 Å². The number of alkyl halides is 1. The molecule has 0 aliphatic rings. The molecule has 98 valence electrons. The van der Waals surface area contributed by atoms with Crippen LogP contribution in [0, 0.1) is 5.82 Å². The van der Waals surface area contributed by atoms with Crippen LogP contribution in [0.3, 0.4) is 0 Å². The largest absolute Gasteiger partial charge is 0.325 e. The fourth-order valence-electron chi connectivity index (χ4n) is 2.05. The van der Waals surface area contributed by atoms with Crippen LogP contribution in [0.5, 0.6) is 0 Å². The monoisotopic (exact) mass is 295 g/mol. The van der Waals surface area contributed by atoms with Gasteiger partial charge in [-0.2, -0.15) is 0 Å². The van der Waals surface area contributed by atoms with Gasteiger partial charge in [-0.05, 0) is 12.1 Å². The molecule has 0 spiro atoms. The number of para-hydroxylation sites is 1. The van der Waals surface area contributed by atoms with Crippen LogP contribution in [0.15, 0.2) is 35.8 Å². The number of benzene rings is 1. The van der Waals surface area contributed by atoms with Crippen molar-refractivity contribution < 1.29 is 4.39 Å². The van der Waals surface area contributed by atoms with Crippen LogP contribution in [-0.4, -0.2) is 16.4 Å². The molecule has 3 aromatic rings. The van der Waals surface area contributed by atoms with Crippen LogP contribution >= 0.6 is 22.9 Å². The number of anilines is 2. The summed E-state index contributed by atoms with van der Waals surface area (Å²) in [7, 11) is 1.79. The van der Waals surface area contributed by atoms with Gasteiger partial charge >= 0.3 is 0 Å². The number of imidazole rings is 1. The quantitative estimate of drug-likeness (QED) is 0.680. The molecule has 6 heteroatoms. The maximum absolute atomic E-state index is 13.8. The lowest BCUT2D eigenvalue weighted by molar-refractivity contribution is 0.627. The first-order valence-electron chi connectivity index (χ1n) is 5.71. The number of nitrogens with zero attached hydrogens (tertiary/aromatic N) is 3. The smallest absolute Gasteiger partial charge is 0.195 e. The summed E-state index contributed by atoms with van der Waals surface area (Å²) in [5.41, 5.74) is 1.35. The Morgan fingerprint density at radius 3 is 2.95 bits per heavy atom. The van der Waals surface area contributed by atoms with Crippen LogP contribution in [-0.2, 0) is 5.88 Å². The second kappa shape index (κ2) is 4.83. The van der Waals surface area contributed by atoms with Gasteiger partial charge in [0, 0.05) is 18.6 Å². The van der Waals surface area contributed by atoms with Gasteiger partial charge in [0.1, 0.15) is 5.82 Å². The van der Waals surface area contributed by atoms with Gasteiger partial charge in [-0.15, -0.1) is 22.9 Å². The Hall–Kier alpha value is -1.59. The van der Waals surface area contributed by atoms with Gasteiger partial charge in [0.2, 0.25) is 0 Å². The summed E-state index contributed by atoms with van der Waals surface area (Å²) >= 11 is 7.53. The number of fused-ring (bicyclic) bond motifs is 1. The predicted molar refractivity (Wildman–Crippen MR) is 77.1 cm³/mol. The normalized spacial score (nSPS) is 11.1. The van der Waals surface area contributed by atoms with Crippen LogP contribution in [0.25, 0.3) is 4.96 Å². The lowest BCUT2D eigenvalue weighted by Crippen LogP contribution is -2.13. The zero-order valence-corrected chi connectivity index (χ0v) is 11.7. The van der Waals surface area contributed by atoms with Crippen molar-refractivity contribution in [3.63, 3.8) is 0 Å². The second-order valence-electron chi connectivity index (χ2n) is 4.08. The SMILES string of the molecule is CN(c1ccccc1F)c1nc2sccn2c1CCl. The van der Waals surface area contributed by atoms with Crippen molar-refractivity contribution in [3.05, 3.63) is 47.4 Å². The van der Waals surface area contributed by atoms with E-state index >= 15 is 0 Å². The van der Waals surface area contributed by atoms with Crippen molar-refractivity contribution in [2.75, 3.05) is 11.9 Å². The molecular formula is C13H11ClFN3S. The second-order valence-corrected chi connectivity index (χ2v) is 5.22. The van der Waals surface area contributed by atoms with Gasteiger partial charge in [-0.1, -0.05) is 12.1 Å². The van der Waals surface area contributed by atoms with Crippen LogP contribution in [0.2, 0.25) is 0 Å². The molecule has 0 fully saturated rings. The van der Waals surface area contributed by atoms with Gasteiger partial charge in [-0.3, -0.25) is 4.40 Å². The standard InChI is InChI=1S/C13H11ClFN3S/c1-17(10-5-3-2-4-9(10)15)12-11(8-14)18-6-7-19-13(18)16-12/h2-7H,8H2,1H3. The molecule has 0 aliphatic carbocycles. The van der Waals surface area contributed by atoms with E-state index in [-0.39, 0.29) is 5.82 Å². The molecule has 0 saturated heterocycles. The molecule has 0 N–H and O–H groups in total. The molecule has 19 heavy (non-hydrogen) atoms. The van der Waals surface area contributed by atoms with Gasteiger partial charge in [0.25, 0.3) is 0 Å². The first-order chi connectivity index (χ1) is 9.22. The van der Waals surface area contributed by atoms with Crippen LogP contribution < -0.4 is 4.90 Å². The van der Waals surface area contributed by atoms with E-state index in [4.69, 9.17) is 11.6 Å². The molecule has 0 atom stereocenters. The maximum atomic E-state index is 13.8. The third-order valence-electron chi connectivity index (χ3n) is 3.00. The Labute approximate surface area is 118 Å². The summed E-state index contributed by atoms with van der Waals surface area (Å²) in [5.74, 6) is 0.736. The average molecular weight is 296 g/mol. The van der Waals surface area contributed by atoms with E-state index in [2.05, 4.69) is 4.98 Å². The van der Waals surface area contributed by atoms with E-state index in [1.165, 1.54) is 17.4 Å². The van der Waals surface area contributed by atoms with Crippen molar-refractivity contribution in [2.24, 2.45) is 0 Å². The zero-order chi connectivity index (χ0) is 13.4. The molecule has 3 rings (SSSR count). The van der Waals surface area contributed by atoms with Crippen LogP contribution in [0.1, 0.15) is 5.69 Å². The summed E-state index contributed by atoms with van der Waals surface area (Å²) in [6.45, 7) is 0. The lowest BCUT2D eigenvalue weighted by atomic mass is 10.2. The maximum Gasteiger partial charge on any atom is 0.195 e. The number of hydrogen-bond acceptors (Lipinski definition) is 3. The topological polar surface area (TPSA) is 20.5 Å². The van der Waals surface area contributed by atoms with Gasteiger partial charge < -0.3 is 4.90 Å². The highest BCUT2D eigenvalue weighted by atomic mass is 35.5. The molecule has 2 heterocycles. The van der Waals surface area contributed by atoms with Crippen molar-refractivity contribution in [1.29, 1.82) is 0 Å². The Bertz CT molecular complexity index is 722. The number of hydrogen-bond donors (Lipinski definition) is 0. The minimum atomic E-state index is -0.276. The predicted octanol–water partition coefficient (Wildman–Crippen LogP) is 4.04. The van der Waals surface area contributed by atoms with Crippen molar-refractivity contribution in [1.82, 2.24) is 9.38 Å². The molecule has 2 aromatic heterocycles. The molecule has 0 unspecified atom stereocenters. The number of rotatable bonds is 3. The van der Waals surface area contributed by atoms with Gasteiger partial charge in [0.05, 0.1) is 17.3 Å². The van der Waals surface area contributed by atoms with E-state index in [1.807, 2.05) is 16.0 Å². The molecular weight excluding hydrogens is 285 g/mol. The number of halogens is 2. The molecule has 0 amide bonds. The summed E-state index contributed by atoms with van der Waals surface area (Å²) < 4.78 is 15.8. The van der Waals surface area contributed by atoms with E-state index in [0.29, 0.717) is 17.4 Å². The lowest BCUT2D eigenvalue weighted by Gasteiger charge is -2.18. The third-order valence-corrected chi connectivity index (χ3v) is 4.01. The molecule has 0 saturated carbocycles. The minimum Gasteiger partial charge on any atom is -0.325 e. The minimum absolute atomic E-state index is 0.276. The molecule has 1 aromatic carbocycles. The fourth-order valence-corrected chi connectivity index (χ4v) is 3.03. The van der Waals surface area contributed by atoms with E-state index in [1.54, 1.807) is 30.1 Å². The van der Waals surface area contributed by atoms with E-state index < -0.39 is 0 Å². The molecule has 0 bridgehead atoms. The Balaban J connectivity index is 2.13. The van der Waals surface area contributed by atoms with E-state index in [9.17, 15) is 4.39 Å². The van der Waals surface area contributed by atoms with Crippen molar-refractivity contribution >= 4 is 39.4 Å². The Kier molecular flexibility index (Phi) is 3.16. The number of thiazole rings is 1. The summed E-state index contributed by atoms with van der Waals surface area (Å²) in [5, 5.41) is 1.95. The Morgan fingerprint density at radius 1 is 1.42 bits per heavy atom. The summed E-state index contributed by atoms with van der Waals surface area (Å²) in [4.78, 5) is 7.10. The highest BCUT2D eigenvalue weighted by Gasteiger charge is 2.18. The first kappa shape index (κ1) is 12.4. The summed E-state index contributed by atoms with van der Waals surface area (Å²) in [6.07, 6.45) is 1.92. The number of aromatic nitrogens is 2. The zero-order valence-electron chi connectivity index (χ0n) is 10.2. The molecule has 3 nitrogen and oxygen atoms in total. The van der Waals surface area contributed by atoms with Crippen molar-refractivity contribution in [3.8, 4) is 0 Å². The summed E-state index contributed by atoms with van der Waals surface area (Å²) in [6, 6.07) is 6.62. The van der Waals surface area contributed by atoms with E-state index in [0.717, 1.165) is 10.7 Å². The average Bonchev–Trinajstić information content (AvgIpc) is 2.98. The first-order valence-corrected chi connectivity index (χ1v) is 7.12. The van der Waals surface area contributed by atoms with Crippen molar-refractivity contribution in [2.45, 2.75) is 5.88 Å². The molecule has 0 radical (unpaired) electrons. The third kappa shape index (κ3) is 1.99. The highest BCUT2D eigenvalue weighted by Crippen LogP contribution is 2.31. The highest BCUT2D eigenvalue weighted by molar-refractivity contribution is 7.15. The molecule has 0 aliphatic heterocycles. The fraction of sp³-hybridized carbons (Fsp3) is 0.154. The Morgan fingerprint density at radius 2 is 2.21 bits per heavy atom.